The molecule has 1 fully saturated rings. The van der Waals surface area contributed by atoms with Crippen molar-refractivity contribution >= 4 is 0 Å². The van der Waals surface area contributed by atoms with E-state index in [0.717, 1.165) is 12.6 Å². The summed E-state index contributed by atoms with van der Waals surface area (Å²) in [5, 5.41) is 3.49. The van der Waals surface area contributed by atoms with Crippen LogP contribution in [0.15, 0.2) is 12.1 Å². The van der Waals surface area contributed by atoms with E-state index < -0.39 is 0 Å². The van der Waals surface area contributed by atoms with Crippen molar-refractivity contribution in [3.8, 4) is 0 Å². The second-order valence-corrected chi connectivity index (χ2v) is 5.82. The molecule has 0 amide bonds. The minimum Gasteiger partial charge on any atom is -0.312 e. The molecule has 1 aliphatic rings. The largest absolute Gasteiger partial charge is 0.312 e. The molecule has 1 saturated carbocycles. The van der Waals surface area contributed by atoms with Crippen LogP contribution in [0.25, 0.3) is 0 Å². The Morgan fingerprint density at radius 2 is 1.78 bits per heavy atom. The maximum Gasteiger partial charge on any atom is 0.0452 e. The summed E-state index contributed by atoms with van der Waals surface area (Å²) in [5.74, 6) is 0. The first-order chi connectivity index (χ1) is 8.52. The van der Waals surface area contributed by atoms with Gasteiger partial charge in [-0.1, -0.05) is 17.7 Å². The number of hydrogen-bond acceptors (Lipinski definition) is 2. The molecule has 2 nitrogen and oxygen atoms in total. The van der Waals surface area contributed by atoms with Gasteiger partial charge in [-0.3, -0.25) is 0 Å². The quantitative estimate of drug-likeness (QED) is 0.859. The van der Waals surface area contributed by atoms with Crippen LogP contribution in [0.2, 0.25) is 0 Å². The van der Waals surface area contributed by atoms with Crippen LogP contribution >= 0.6 is 0 Å². The molecule has 1 atom stereocenters. The molecule has 0 bridgehead atoms. The highest BCUT2D eigenvalue weighted by molar-refractivity contribution is 5.39. The second kappa shape index (κ2) is 5.41. The van der Waals surface area contributed by atoms with Gasteiger partial charge in [-0.25, -0.2) is 0 Å². The molecule has 0 aromatic heterocycles. The first-order valence-corrected chi connectivity index (χ1v) is 6.98. The van der Waals surface area contributed by atoms with Crippen molar-refractivity contribution in [1.82, 2.24) is 10.2 Å². The molecule has 1 N–H and O–H groups in total. The smallest absolute Gasteiger partial charge is 0.0452 e. The van der Waals surface area contributed by atoms with Gasteiger partial charge >= 0.3 is 0 Å². The Kier molecular flexibility index (Phi) is 4.08. The maximum atomic E-state index is 3.49. The van der Waals surface area contributed by atoms with Gasteiger partial charge < -0.3 is 10.2 Å². The third-order valence-electron chi connectivity index (χ3n) is 4.08. The van der Waals surface area contributed by atoms with Crippen molar-refractivity contribution in [2.45, 2.75) is 45.7 Å². The van der Waals surface area contributed by atoms with Gasteiger partial charge in [0.1, 0.15) is 0 Å². The highest BCUT2D eigenvalue weighted by Gasteiger charge is 2.28. The van der Waals surface area contributed by atoms with Gasteiger partial charge in [-0.05, 0) is 64.4 Å². The van der Waals surface area contributed by atoms with Crippen molar-refractivity contribution in [2.75, 3.05) is 20.6 Å². The van der Waals surface area contributed by atoms with Gasteiger partial charge in [-0.2, -0.15) is 0 Å². The lowest BCUT2D eigenvalue weighted by Crippen LogP contribution is -2.33. The molecule has 0 aliphatic heterocycles. The molecule has 0 radical (unpaired) electrons. The minimum atomic E-state index is 0.441. The molecular weight excluding hydrogens is 220 g/mol. The Morgan fingerprint density at radius 3 is 2.22 bits per heavy atom. The third kappa shape index (κ3) is 2.93. The zero-order valence-corrected chi connectivity index (χ0v) is 12.4. The molecule has 2 heteroatoms. The lowest BCUT2D eigenvalue weighted by Gasteiger charge is -2.27. The zero-order valence-electron chi connectivity index (χ0n) is 12.4. The second-order valence-electron chi connectivity index (χ2n) is 5.82. The van der Waals surface area contributed by atoms with Crippen LogP contribution in [0.5, 0.6) is 0 Å². The van der Waals surface area contributed by atoms with Gasteiger partial charge in [0, 0.05) is 18.6 Å². The monoisotopic (exact) mass is 246 g/mol. The van der Waals surface area contributed by atoms with E-state index in [4.69, 9.17) is 0 Å². The lowest BCUT2D eigenvalue weighted by molar-refractivity contribution is 0.287. The van der Waals surface area contributed by atoms with Crippen LogP contribution in [0, 0.1) is 20.8 Å². The highest BCUT2D eigenvalue weighted by Crippen LogP contribution is 2.29. The zero-order chi connectivity index (χ0) is 13.3. The summed E-state index contributed by atoms with van der Waals surface area (Å²) in [6.07, 6.45) is 2.75. The number of nitrogens with one attached hydrogen (secondary N) is 1. The molecule has 1 aromatic carbocycles. The maximum absolute atomic E-state index is 3.49. The first-order valence-electron chi connectivity index (χ1n) is 6.98. The number of rotatable bonds is 5. The summed E-state index contributed by atoms with van der Waals surface area (Å²) >= 11 is 0. The topological polar surface area (TPSA) is 15.3 Å². The average molecular weight is 246 g/mol. The average Bonchev–Trinajstić information content (AvgIpc) is 3.09. The molecule has 100 valence electrons. The molecule has 0 spiro atoms. The summed E-state index contributed by atoms with van der Waals surface area (Å²) in [7, 11) is 4.32. The summed E-state index contributed by atoms with van der Waals surface area (Å²) < 4.78 is 0. The van der Waals surface area contributed by atoms with E-state index in [-0.39, 0.29) is 0 Å². The van der Waals surface area contributed by atoms with E-state index in [9.17, 15) is 0 Å². The van der Waals surface area contributed by atoms with Gasteiger partial charge in [0.05, 0.1) is 0 Å². The van der Waals surface area contributed by atoms with Crippen LogP contribution in [0.1, 0.15) is 41.1 Å². The van der Waals surface area contributed by atoms with Crippen LogP contribution < -0.4 is 5.32 Å². The molecule has 2 rings (SSSR count). The van der Waals surface area contributed by atoms with E-state index in [1.165, 1.54) is 35.1 Å². The predicted octanol–water partition coefficient (Wildman–Crippen LogP) is 2.97. The summed E-state index contributed by atoms with van der Waals surface area (Å²) in [5.41, 5.74) is 5.67. The van der Waals surface area contributed by atoms with E-state index in [2.05, 4.69) is 57.2 Å². The van der Waals surface area contributed by atoms with Crippen molar-refractivity contribution in [3.63, 3.8) is 0 Å². The summed E-state index contributed by atoms with van der Waals surface area (Å²) in [6.45, 7) is 7.74. The summed E-state index contributed by atoms with van der Waals surface area (Å²) in [6, 6.07) is 5.86. The molecular formula is C16H26N2. The Labute approximate surface area is 111 Å². The van der Waals surface area contributed by atoms with Gasteiger partial charge in [0.15, 0.2) is 0 Å². The Morgan fingerprint density at radius 1 is 1.22 bits per heavy atom. The molecule has 1 unspecified atom stereocenters. The molecule has 0 saturated heterocycles. The van der Waals surface area contributed by atoms with E-state index in [1.807, 2.05) is 0 Å². The fraction of sp³-hybridized carbons (Fsp3) is 0.625. The Bertz CT molecular complexity index is 398. The van der Waals surface area contributed by atoms with Crippen LogP contribution in [-0.4, -0.2) is 31.6 Å². The van der Waals surface area contributed by atoms with Gasteiger partial charge in [0.2, 0.25) is 0 Å². The normalized spacial score (nSPS) is 17.2. The van der Waals surface area contributed by atoms with E-state index in [0.29, 0.717) is 6.04 Å². The predicted molar refractivity (Wildman–Crippen MR) is 78.1 cm³/mol. The number of nitrogens with zero attached hydrogens (tertiary/aromatic N) is 1. The van der Waals surface area contributed by atoms with Crippen molar-refractivity contribution in [3.05, 3.63) is 34.4 Å². The molecule has 1 aromatic rings. The van der Waals surface area contributed by atoms with Crippen molar-refractivity contribution < 1.29 is 0 Å². The van der Waals surface area contributed by atoms with E-state index in [1.54, 1.807) is 0 Å². The van der Waals surface area contributed by atoms with Gasteiger partial charge in [-0.15, -0.1) is 0 Å². The van der Waals surface area contributed by atoms with Crippen LogP contribution in [-0.2, 0) is 0 Å². The first kappa shape index (κ1) is 13.6. The fourth-order valence-electron chi connectivity index (χ4n) is 3.02. The Balaban J connectivity index is 2.20. The van der Waals surface area contributed by atoms with Crippen LogP contribution in [0.4, 0.5) is 0 Å². The van der Waals surface area contributed by atoms with Crippen LogP contribution in [0.3, 0.4) is 0 Å². The van der Waals surface area contributed by atoms with Crippen molar-refractivity contribution in [2.24, 2.45) is 0 Å². The number of hydrogen-bond donors (Lipinski definition) is 1. The lowest BCUT2D eigenvalue weighted by atomic mass is 9.94. The minimum absolute atomic E-state index is 0.441. The number of benzene rings is 1. The highest BCUT2D eigenvalue weighted by atomic mass is 15.2. The number of likely N-dealkylation sites (N-methyl/N-ethyl adjacent to an activating group) is 2. The van der Waals surface area contributed by atoms with Crippen molar-refractivity contribution in [1.29, 1.82) is 0 Å². The van der Waals surface area contributed by atoms with Gasteiger partial charge in [0.25, 0.3) is 0 Å². The number of aryl methyl sites for hydroxylation is 3. The summed E-state index contributed by atoms with van der Waals surface area (Å²) in [4.78, 5) is 2.50. The molecule has 1 aliphatic carbocycles. The van der Waals surface area contributed by atoms with E-state index >= 15 is 0 Å². The molecule has 18 heavy (non-hydrogen) atoms. The third-order valence-corrected chi connectivity index (χ3v) is 4.08. The molecule has 0 heterocycles. The fourth-order valence-corrected chi connectivity index (χ4v) is 3.02. The SMILES string of the molecule is CNC(CN(C)C1CC1)c1c(C)cc(C)cc1C. The Hall–Kier alpha value is -0.860. The standard InChI is InChI=1S/C16H26N2/c1-11-8-12(2)16(13(3)9-11)15(17-4)10-18(5)14-6-7-14/h8-9,14-15,17H,6-7,10H2,1-5H3.